The second kappa shape index (κ2) is 7.03. The molecule has 0 radical (unpaired) electrons. The molecule has 0 bridgehead atoms. The number of aliphatic imine (C=N–C) groups is 1. The Labute approximate surface area is 155 Å². The van der Waals surface area contributed by atoms with Crippen LogP contribution in [0.15, 0.2) is 47.1 Å². The molecule has 138 valence electrons. The molecule has 0 saturated carbocycles. The molecule has 2 heterocycles. The maximum Gasteiger partial charge on any atom is 0.363 e. The SMILES string of the molecule is COc1cccc(C2=N/C(=C/c3cc(OC)c4c(c3)OCCO4)C(=O)O2)c1. The van der Waals surface area contributed by atoms with Gasteiger partial charge in [-0.25, -0.2) is 9.79 Å². The molecule has 0 N–H and O–H groups in total. The van der Waals surface area contributed by atoms with Gasteiger partial charge >= 0.3 is 5.97 Å². The lowest BCUT2D eigenvalue weighted by atomic mass is 10.1. The molecule has 0 fully saturated rings. The summed E-state index contributed by atoms with van der Waals surface area (Å²) in [6, 6.07) is 10.7. The fourth-order valence-corrected chi connectivity index (χ4v) is 2.82. The van der Waals surface area contributed by atoms with Crippen LogP contribution in [-0.4, -0.2) is 39.3 Å². The highest BCUT2D eigenvalue weighted by atomic mass is 16.6. The van der Waals surface area contributed by atoms with E-state index in [1.54, 1.807) is 56.7 Å². The van der Waals surface area contributed by atoms with Crippen LogP contribution in [0.3, 0.4) is 0 Å². The molecule has 0 spiro atoms. The lowest BCUT2D eigenvalue weighted by Gasteiger charge is -2.20. The first-order valence-corrected chi connectivity index (χ1v) is 8.32. The first-order chi connectivity index (χ1) is 13.2. The van der Waals surface area contributed by atoms with Gasteiger partial charge in [0.1, 0.15) is 19.0 Å². The lowest BCUT2D eigenvalue weighted by molar-refractivity contribution is -0.129. The molecule has 2 aliphatic heterocycles. The predicted molar refractivity (Wildman–Crippen MR) is 97.6 cm³/mol. The molecule has 0 atom stereocenters. The average Bonchev–Trinajstić information content (AvgIpc) is 3.07. The van der Waals surface area contributed by atoms with Crippen LogP contribution in [0.1, 0.15) is 11.1 Å². The third-order valence-corrected chi connectivity index (χ3v) is 4.09. The van der Waals surface area contributed by atoms with Gasteiger partial charge in [-0.1, -0.05) is 6.07 Å². The van der Waals surface area contributed by atoms with Crippen LogP contribution in [-0.2, 0) is 9.53 Å². The molecule has 0 aromatic heterocycles. The van der Waals surface area contributed by atoms with Crippen molar-refractivity contribution in [1.82, 2.24) is 0 Å². The number of carbonyl (C=O) groups is 1. The van der Waals surface area contributed by atoms with Crippen molar-refractivity contribution < 1.29 is 28.5 Å². The molecule has 0 aliphatic carbocycles. The highest BCUT2D eigenvalue weighted by molar-refractivity contribution is 6.13. The maximum atomic E-state index is 12.2. The number of ether oxygens (including phenoxy) is 5. The highest BCUT2D eigenvalue weighted by Gasteiger charge is 2.25. The van der Waals surface area contributed by atoms with Crippen molar-refractivity contribution in [3.05, 3.63) is 53.2 Å². The Hall–Kier alpha value is -3.48. The fraction of sp³-hybridized carbons (Fsp3) is 0.200. The number of nitrogens with zero attached hydrogens (tertiary/aromatic N) is 1. The second-order valence-electron chi connectivity index (χ2n) is 5.82. The Morgan fingerprint density at radius 2 is 1.93 bits per heavy atom. The summed E-state index contributed by atoms with van der Waals surface area (Å²) in [5.41, 5.74) is 1.54. The largest absolute Gasteiger partial charge is 0.497 e. The number of hydrogen-bond donors (Lipinski definition) is 0. The van der Waals surface area contributed by atoms with Gasteiger partial charge in [-0.3, -0.25) is 0 Å². The van der Waals surface area contributed by atoms with Gasteiger partial charge in [-0.05, 0) is 42.0 Å². The number of hydrogen-bond acceptors (Lipinski definition) is 7. The van der Waals surface area contributed by atoms with E-state index in [0.29, 0.717) is 47.3 Å². The number of cyclic esters (lactones) is 1. The van der Waals surface area contributed by atoms with Gasteiger partial charge in [0.15, 0.2) is 17.2 Å². The Morgan fingerprint density at radius 1 is 1.07 bits per heavy atom. The van der Waals surface area contributed by atoms with Crippen LogP contribution in [0.4, 0.5) is 0 Å². The minimum absolute atomic E-state index is 0.187. The van der Waals surface area contributed by atoms with Crippen molar-refractivity contribution in [3.63, 3.8) is 0 Å². The van der Waals surface area contributed by atoms with Crippen molar-refractivity contribution in [2.75, 3.05) is 27.4 Å². The molecular weight excluding hydrogens is 350 g/mol. The normalized spacial score (nSPS) is 16.7. The summed E-state index contributed by atoms with van der Waals surface area (Å²) in [5, 5.41) is 0. The van der Waals surface area contributed by atoms with Gasteiger partial charge in [0.05, 0.1) is 14.2 Å². The zero-order valence-electron chi connectivity index (χ0n) is 14.9. The Morgan fingerprint density at radius 3 is 2.74 bits per heavy atom. The van der Waals surface area contributed by atoms with E-state index < -0.39 is 5.97 Å². The minimum Gasteiger partial charge on any atom is -0.497 e. The van der Waals surface area contributed by atoms with Crippen molar-refractivity contribution in [3.8, 4) is 23.0 Å². The molecule has 7 nitrogen and oxygen atoms in total. The van der Waals surface area contributed by atoms with Gasteiger partial charge < -0.3 is 23.7 Å². The number of benzene rings is 2. The van der Waals surface area contributed by atoms with E-state index in [2.05, 4.69) is 4.99 Å². The summed E-state index contributed by atoms with van der Waals surface area (Å²) in [7, 11) is 3.12. The van der Waals surface area contributed by atoms with E-state index in [0.717, 1.165) is 0 Å². The van der Waals surface area contributed by atoms with Gasteiger partial charge in [0.25, 0.3) is 0 Å². The topological polar surface area (TPSA) is 75.6 Å². The van der Waals surface area contributed by atoms with Crippen LogP contribution >= 0.6 is 0 Å². The average molecular weight is 367 g/mol. The smallest absolute Gasteiger partial charge is 0.363 e. The molecule has 27 heavy (non-hydrogen) atoms. The standard InChI is InChI=1S/C20H17NO6/c1-23-14-5-3-4-13(11-14)19-21-15(20(22)27-19)8-12-9-16(24-2)18-17(10-12)25-6-7-26-18/h3-5,8-11H,6-7H2,1-2H3/b15-8+. The molecule has 7 heteroatoms. The maximum absolute atomic E-state index is 12.2. The predicted octanol–water partition coefficient (Wildman–Crippen LogP) is 2.82. The monoisotopic (exact) mass is 367 g/mol. The van der Waals surface area contributed by atoms with E-state index in [-0.39, 0.29) is 11.6 Å². The van der Waals surface area contributed by atoms with Crippen molar-refractivity contribution in [2.24, 2.45) is 4.99 Å². The van der Waals surface area contributed by atoms with Crippen molar-refractivity contribution in [1.29, 1.82) is 0 Å². The zero-order valence-corrected chi connectivity index (χ0v) is 14.9. The summed E-state index contributed by atoms with van der Waals surface area (Å²) in [6.45, 7) is 0.917. The molecule has 2 aromatic rings. The van der Waals surface area contributed by atoms with Crippen molar-refractivity contribution in [2.45, 2.75) is 0 Å². The molecular formula is C20H17NO6. The summed E-state index contributed by atoms with van der Waals surface area (Å²) in [6.07, 6.45) is 1.62. The van der Waals surface area contributed by atoms with Gasteiger partial charge in [0, 0.05) is 5.56 Å². The Bertz CT molecular complexity index is 946. The number of fused-ring (bicyclic) bond motifs is 1. The van der Waals surface area contributed by atoms with Crippen LogP contribution in [0.5, 0.6) is 23.0 Å². The fourth-order valence-electron chi connectivity index (χ4n) is 2.82. The number of rotatable bonds is 4. The highest BCUT2D eigenvalue weighted by Crippen LogP contribution is 2.41. The third kappa shape index (κ3) is 3.31. The van der Waals surface area contributed by atoms with Crippen LogP contribution < -0.4 is 18.9 Å². The zero-order chi connectivity index (χ0) is 18.8. The lowest BCUT2D eigenvalue weighted by Crippen LogP contribution is -2.16. The molecule has 0 amide bonds. The third-order valence-electron chi connectivity index (χ3n) is 4.09. The second-order valence-corrected chi connectivity index (χ2v) is 5.82. The molecule has 2 aromatic carbocycles. The first-order valence-electron chi connectivity index (χ1n) is 8.32. The summed E-state index contributed by atoms with van der Waals surface area (Å²) >= 11 is 0. The Kier molecular flexibility index (Phi) is 4.42. The number of esters is 1. The summed E-state index contributed by atoms with van der Waals surface area (Å²) in [4.78, 5) is 16.6. The number of carbonyl (C=O) groups excluding carboxylic acids is 1. The molecule has 4 rings (SSSR count). The quantitative estimate of drug-likeness (QED) is 0.611. The molecule has 2 aliphatic rings. The number of methoxy groups -OCH3 is 2. The molecule has 0 saturated heterocycles. The van der Waals surface area contributed by atoms with Crippen molar-refractivity contribution >= 4 is 17.9 Å². The van der Waals surface area contributed by atoms with Crippen LogP contribution in [0, 0.1) is 0 Å². The van der Waals surface area contributed by atoms with Gasteiger partial charge in [-0.15, -0.1) is 0 Å². The molecule has 0 unspecified atom stereocenters. The van der Waals surface area contributed by atoms with Gasteiger partial charge in [-0.2, -0.15) is 0 Å². The first kappa shape index (κ1) is 17.0. The van der Waals surface area contributed by atoms with E-state index >= 15 is 0 Å². The minimum atomic E-state index is -0.526. The van der Waals surface area contributed by atoms with E-state index in [4.69, 9.17) is 23.7 Å². The van der Waals surface area contributed by atoms with E-state index in [1.807, 2.05) is 0 Å². The summed E-state index contributed by atoms with van der Waals surface area (Å²) < 4.78 is 27.1. The van der Waals surface area contributed by atoms with Gasteiger partial charge in [0.2, 0.25) is 11.6 Å². The Balaban J connectivity index is 1.69. The van der Waals surface area contributed by atoms with E-state index in [9.17, 15) is 4.79 Å². The van der Waals surface area contributed by atoms with E-state index in [1.165, 1.54) is 0 Å². The summed E-state index contributed by atoms with van der Waals surface area (Å²) in [5.74, 6) is 2.01. The van der Waals surface area contributed by atoms with Crippen LogP contribution in [0.25, 0.3) is 6.08 Å². The van der Waals surface area contributed by atoms with Crippen LogP contribution in [0.2, 0.25) is 0 Å².